The van der Waals surface area contributed by atoms with Crippen molar-refractivity contribution in [2.45, 2.75) is 50.7 Å². The van der Waals surface area contributed by atoms with Gasteiger partial charge in [-0.1, -0.05) is 18.2 Å². The third-order valence-corrected chi connectivity index (χ3v) is 4.06. The standard InChI is InChI=1S/C12H23N5S/c1-12(2,3)17-11(13-14-15-17)18-10-9-16-7-5-4-6-8-16/h4-10H2,1-3H3. The Morgan fingerprint density at radius 1 is 1.17 bits per heavy atom. The van der Waals surface area contributed by atoms with Gasteiger partial charge in [-0.2, -0.15) is 0 Å². The van der Waals surface area contributed by atoms with Gasteiger partial charge in [0.25, 0.3) is 0 Å². The molecule has 102 valence electrons. The lowest BCUT2D eigenvalue weighted by Gasteiger charge is -2.26. The lowest BCUT2D eigenvalue weighted by atomic mass is 10.1. The van der Waals surface area contributed by atoms with E-state index in [1.54, 1.807) is 11.8 Å². The molecular formula is C12H23N5S. The number of thioether (sulfide) groups is 1. The predicted molar refractivity (Wildman–Crippen MR) is 73.8 cm³/mol. The molecule has 1 aliphatic rings. The first-order valence-electron chi connectivity index (χ1n) is 6.71. The zero-order valence-corrected chi connectivity index (χ0v) is 12.4. The maximum Gasteiger partial charge on any atom is 0.209 e. The molecule has 0 atom stereocenters. The van der Waals surface area contributed by atoms with E-state index < -0.39 is 0 Å². The highest BCUT2D eigenvalue weighted by atomic mass is 32.2. The summed E-state index contributed by atoms with van der Waals surface area (Å²) in [5.74, 6) is 1.07. The number of likely N-dealkylation sites (tertiary alicyclic amines) is 1. The van der Waals surface area contributed by atoms with Crippen molar-refractivity contribution in [3.8, 4) is 0 Å². The van der Waals surface area contributed by atoms with Gasteiger partial charge < -0.3 is 4.90 Å². The summed E-state index contributed by atoms with van der Waals surface area (Å²) < 4.78 is 1.91. The van der Waals surface area contributed by atoms with Gasteiger partial charge in [-0.25, -0.2) is 4.68 Å². The van der Waals surface area contributed by atoms with Crippen molar-refractivity contribution in [3.63, 3.8) is 0 Å². The van der Waals surface area contributed by atoms with Crippen molar-refractivity contribution < 1.29 is 0 Å². The molecule has 0 bridgehead atoms. The summed E-state index contributed by atoms with van der Waals surface area (Å²) in [4.78, 5) is 2.54. The lowest BCUT2D eigenvalue weighted by molar-refractivity contribution is 0.242. The first-order valence-corrected chi connectivity index (χ1v) is 7.70. The summed E-state index contributed by atoms with van der Waals surface area (Å²) in [6, 6.07) is 0. The van der Waals surface area contributed by atoms with E-state index in [4.69, 9.17) is 0 Å². The Morgan fingerprint density at radius 3 is 2.56 bits per heavy atom. The molecule has 0 N–H and O–H groups in total. The van der Waals surface area contributed by atoms with Crippen LogP contribution in [0.4, 0.5) is 0 Å². The summed E-state index contributed by atoms with van der Waals surface area (Å²) in [7, 11) is 0. The van der Waals surface area contributed by atoms with Crippen LogP contribution in [0.2, 0.25) is 0 Å². The minimum absolute atomic E-state index is 0.0447. The fourth-order valence-electron chi connectivity index (χ4n) is 2.14. The van der Waals surface area contributed by atoms with Gasteiger partial charge >= 0.3 is 0 Å². The zero-order chi connectivity index (χ0) is 13.0. The number of nitrogens with zero attached hydrogens (tertiary/aromatic N) is 5. The Balaban J connectivity index is 1.81. The van der Waals surface area contributed by atoms with Gasteiger partial charge in [-0.15, -0.1) is 5.10 Å². The second kappa shape index (κ2) is 6.02. The molecule has 0 aromatic carbocycles. The highest BCUT2D eigenvalue weighted by molar-refractivity contribution is 7.99. The number of hydrogen-bond acceptors (Lipinski definition) is 5. The maximum atomic E-state index is 4.11. The normalized spacial score (nSPS) is 18.2. The van der Waals surface area contributed by atoms with E-state index in [-0.39, 0.29) is 5.54 Å². The fraction of sp³-hybridized carbons (Fsp3) is 0.917. The average molecular weight is 269 g/mol. The van der Waals surface area contributed by atoms with E-state index >= 15 is 0 Å². The van der Waals surface area contributed by atoms with Crippen molar-refractivity contribution in [2.24, 2.45) is 0 Å². The highest BCUT2D eigenvalue weighted by Crippen LogP contribution is 2.21. The average Bonchev–Trinajstić information content (AvgIpc) is 2.78. The third-order valence-electron chi connectivity index (χ3n) is 3.16. The minimum Gasteiger partial charge on any atom is -0.303 e. The molecule has 6 heteroatoms. The topological polar surface area (TPSA) is 46.8 Å². The Hall–Kier alpha value is -0.620. The molecule has 0 amide bonds. The van der Waals surface area contributed by atoms with E-state index in [9.17, 15) is 0 Å². The molecule has 1 aliphatic heterocycles. The van der Waals surface area contributed by atoms with Gasteiger partial charge in [0.2, 0.25) is 5.16 Å². The summed E-state index contributed by atoms with van der Waals surface area (Å²) in [6.45, 7) is 10.0. The molecule has 18 heavy (non-hydrogen) atoms. The van der Waals surface area contributed by atoms with Gasteiger partial charge in [0.1, 0.15) is 0 Å². The number of hydrogen-bond donors (Lipinski definition) is 0. The van der Waals surface area contributed by atoms with Crippen LogP contribution in [-0.2, 0) is 5.54 Å². The molecule has 2 heterocycles. The van der Waals surface area contributed by atoms with Crippen molar-refractivity contribution in [1.29, 1.82) is 0 Å². The molecule has 0 radical (unpaired) electrons. The Morgan fingerprint density at radius 2 is 1.89 bits per heavy atom. The molecule has 0 aliphatic carbocycles. The molecular weight excluding hydrogens is 246 g/mol. The largest absolute Gasteiger partial charge is 0.303 e. The van der Waals surface area contributed by atoms with E-state index in [0.29, 0.717) is 0 Å². The first kappa shape index (κ1) is 13.8. The Bertz CT molecular complexity index is 365. The lowest BCUT2D eigenvalue weighted by Crippen LogP contribution is -2.31. The molecule has 2 rings (SSSR count). The van der Waals surface area contributed by atoms with E-state index in [2.05, 4.69) is 41.2 Å². The van der Waals surface area contributed by atoms with Crippen molar-refractivity contribution in [3.05, 3.63) is 0 Å². The Kier molecular flexibility index (Phi) is 4.61. The molecule has 0 spiro atoms. The summed E-state index contributed by atoms with van der Waals surface area (Å²) in [5.41, 5.74) is -0.0447. The molecule has 0 unspecified atom stereocenters. The van der Waals surface area contributed by atoms with Crippen LogP contribution >= 0.6 is 11.8 Å². The van der Waals surface area contributed by atoms with Crippen LogP contribution in [0.1, 0.15) is 40.0 Å². The zero-order valence-electron chi connectivity index (χ0n) is 11.6. The van der Waals surface area contributed by atoms with Gasteiger partial charge in [0.05, 0.1) is 5.54 Å². The molecule has 1 aromatic heterocycles. The van der Waals surface area contributed by atoms with Crippen LogP contribution in [0.15, 0.2) is 5.16 Å². The van der Waals surface area contributed by atoms with E-state index in [1.807, 2.05) is 4.68 Å². The van der Waals surface area contributed by atoms with Crippen molar-refractivity contribution in [2.75, 3.05) is 25.4 Å². The van der Waals surface area contributed by atoms with Gasteiger partial charge in [-0.3, -0.25) is 0 Å². The molecule has 1 aromatic rings. The minimum atomic E-state index is -0.0447. The van der Waals surface area contributed by atoms with Crippen LogP contribution in [0.25, 0.3) is 0 Å². The maximum absolute atomic E-state index is 4.11. The Labute approximate surface area is 113 Å². The van der Waals surface area contributed by atoms with Crippen LogP contribution < -0.4 is 0 Å². The quantitative estimate of drug-likeness (QED) is 0.782. The number of tetrazole rings is 1. The number of aromatic nitrogens is 4. The van der Waals surface area contributed by atoms with Crippen LogP contribution in [-0.4, -0.2) is 50.5 Å². The fourth-order valence-corrected chi connectivity index (χ4v) is 3.20. The number of rotatable bonds is 4. The van der Waals surface area contributed by atoms with Crippen molar-refractivity contribution >= 4 is 11.8 Å². The van der Waals surface area contributed by atoms with Gasteiger partial charge in [0, 0.05) is 12.3 Å². The first-order chi connectivity index (χ1) is 8.57. The van der Waals surface area contributed by atoms with Crippen molar-refractivity contribution in [1.82, 2.24) is 25.1 Å². The van der Waals surface area contributed by atoms with Crippen LogP contribution in [0, 0.1) is 0 Å². The second-order valence-electron chi connectivity index (χ2n) is 5.79. The second-order valence-corrected chi connectivity index (χ2v) is 6.86. The number of piperidine rings is 1. The van der Waals surface area contributed by atoms with Crippen LogP contribution in [0.5, 0.6) is 0 Å². The van der Waals surface area contributed by atoms with E-state index in [1.165, 1.54) is 32.4 Å². The predicted octanol–water partition coefficient (Wildman–Crippen LogP) is 2.01. The summed E-state index contributed by atoms with van der Waals surface area (Å²) >= 11 is 1.76. The SMILES string of the molecule is CC(C)(C)n1nnnc1SCCN1CCCCC1. The van der Waals surface area contributed by atoms with E-state index in [0.717, 1.165) is 17.5 Å². The summed E-state index contributed by atoms with van der Waals surface area (Å²) in [5, 5.41) is 12.9. The third kappa shape index (κ3) is 3.68. The molecule has 0 saturated carbocycles. The highest BCUT2D eigenvalue weighted by Gasteiger charge is 2.20. The monoisotopic (exact) mass is 269 g/mol. The molecule has 1 saturated heterocycles. The van der Waals surface area contributed by atoms with Gasteiger partial charge in [-0.05, 0) is 57.1 Å². The smallest absolute Gasteiger partial charge is 0.209 e. The summed E-state index contributed by atoms with van der Waals surface area (Å²) in [6.07, 6.45) is 4.10. The molecule has 5 nitrogen and oxygen atoms in total. The van der Waals surface area contributed by atoms with Gasteiger partial charge in [0.15, 0.2) is 0 Å². The molecule has 1 fully saturated rings. The van der Waals surface area contributed by atoms with Crippen LogP contribution in [0.3, 0.4) is 0 Å².